The van der Waals surface area contributed by atoms with Crippen molar-refractivity contribution in [2.75, 3.05) is 7.11 Å². The van der Waals surface area contributed by atoms with Crippen LogP contribution in [-0.2, 0) is 16.6 Å². The van der Waals surface area contributed by atoms with Crippen molar-refractivity contribution in [3.8, 4) is 11.5 Å². The van der Waals surface area contributed by atoms with Crippen molar-refractivity contribution in [2.45, 2.75) is 11.5 Å². The normalized spacial score (nSPS) is 11.4. The minimum atomic E-state index is -3.90. The number of hydrogen-bond donors (Lipinski definition) is 1. The molecule has 0 unspecified atom stereocenters. The molecule has 3 aromatic rings. The van der Waals surface area contributed by atoms with Crippen LogP contribution in [0.1, 0.15) is 11.1 Å². The second-order valence-corrected chi connectivity index (χ2v) is 8.63. The molecule has 0 aliphatic heterocycles. The first-order valence-electron chi connectivity index (χ1n) is 8.74. The third-order valence-electron chi connectivity index (χ3n) is 3.99. The third-order valence-corrected chi connectivity index (χ3v) is 5.82. The Labute approximate surface area is 182 Å². The van der Waals surface area contributed by atoms with Gasteiger partial charge in [0.1, 0.15) is 12.4 Å². The number of rotatable bonds is 8. The third kappa shape index (κ3) is 5.58. The summed E-state index contributed by atoms with van der Waals surface area (Å²) < 4.78 is 49.2. The number of nitrogens with zero attached hydrogens (tertiary/aromatic N) is 1. The standard InChI is InChI=1S/C21H18BrFN2O4S/c1-28-20-12-16(11-19(22)21(20)29-14-15-5-3-2-4-6-15)13-24-25-30(26,27)18-9-7-17(23)8-10-18/h2-13,25H,14H2,1H3/b24-13-. The van der Waals surface area contributed by atoms with Crippen molar-refractivity contribution in [2.24, 2.45) is 5.10 Å². The smallest absolute Gasteiger partial charge is 0.276 e. The predicted molar refractivity (Wildman–Crippen MR) is 116 cm³/mol. The molecule has 0 radical (unpaired) electrons. The van der Waals surface area contributed by atoms with Crippen molar-refractivity contribution < 1.29 is 22.3 Å². The molecule has 0 spiro atoms. The van der Waals surface area contributed by atoms with E-state index in [9.17, 15) is 12.8 Å². The molecule has 3 aromatic carbocycles. The van der Waals surface area contributed by atoms with Crippen molar-refractivity contribution in [3.63, 3.8) is 0 Å². The van der Waals surface area contributed by atoms with Gasteiger partial charge >= 0.3 is 0 Å². The van der Waals surface area contributed by atoms with Crippen LogP contribution >= 0.6 is 15.9 Å². The minimum absolute atomic E-state index is 0.0931. The van der Waals surface area contributed by atoms with Gasteiger partial charge in [-0.05, 0) is 63.5 Å². The number of hydrazone groups is 1. The Kier molecular flexibility index (Phi) is 7.07. The Balaban J connectivity index is 1.73. The highest BCUT2D eigenvalue weighted by Crippen LogP contribution is 2.36. The minimum Gasteiger partial charge on any atom is -0.493 e. The Bertz CT molecular complexity index is 1140. The van der Waals surface area contributed by atoms with Gasteiger partial charge in [0.25, 0.3) is 10.0 Å². The summed E-state index contributed by atoms with van der Waals surface area (Å²) in [4.78, 5) is 2.00. The molecule has 30 heavy (non-hydrogen) atoms. The van der Waals surface area contributed by atoms with Crippen LogP contribution in [0.5, 0.6) is 11.5 Å². The topological polar surface area (TPSA) is 77.0 Å². The molecule has 0 bridgehead atoms. The molecule has 0 aromatic heterocycles. The summed E-state index contributed by atoms with van der Waals surface area (Å²) >= 11 is 3.45. The summed E-state index contributed by atoms with van der Waals surface area (Å²) in [5.74, 6) is 0.456. The molecule has 0 saturated heterocycles. The van der Waals surface area contributed by atoms with Crippen molar-refractivity contribution in [1.29, 1.82) is 0 Å². The lowest BCUT2D eigenvalue weighted by Gasteiger charge is -2.13. The Hall–Kier alpha value is -2.91. The molecular weight excluding hydrogens is 475 g/mol. The fraction of sp³-hybridized carbons (Fsp3) is 0.0952. The summed E-state index contributed by atoms with van der Waals surface area (Å²) in [6.07, 6.45) is 1.33. The van der Waals surface area contributed by atoms with Gasteiger partial charge in [-0.3, -0.25) is 0 Å². The van der Waals surface area contributed by atoms with Gasteiger partial charge in [-0.1, -0.05) is 30.3 Å². The quantitative estimate of drug-likeness (QED) is 0.371. The van der Waals surface area contributed by atoms with Gasteiger partial charge in [-0.15, -0.1) is 0 Å². The zero-order chi connectivity index (χ0) is 21.6. The van der Waals surface area contributed by atoms with Crippen molar-refractivity contribution in [3.05, 3.63) is 88.1 Å². The lowest BCUT2D eigenvalue weighted by molar-refractivity contribution is 0.282. The van der Waals surface area contributed by atoms with E-state index in [0.29, 0.717) is 28.1 Å². The second-order valence-electron chi connectivity index (χ2n) is 6.12. The van der Waals surface area contributed by atoms with Crippen molar-refractivity contribution >= 4 is 32.2 Å². The number of hydrogen-bond acceptors (Lipinski definition) is 5. The molecule has 156 valence electrons. The van der Waals surface area contributed by atoms with Crippen LogP contribution in [0.15, 0.2) is 81.2 Å². The maximum atomic E-state index is 13.0. The van der Waals surface area contributed by atoms with E-state index in [1.807, 2.05) is 30.3 Å². The van der Waals surface area contributed by atoms with Gasteiger partial charge in [0.15, 0.2) is 11.5 Å². The van der Waals surface area contributed by atoms with Crippen LogP contribution in [0.2, 0.25) is 0 Å². The van der Waals surface area contributed by atoms with E-state index in [1.54, 1.807) is 12.1 Å². The van der Waals surface area contributed by atoms with E-state index < -0.39 is 15.8 Å². The Morgan fingerprint density at radius 3 is 2.47 bits per heavy atom. The van der Waals surface area contributed by atoms with E-state index in [0.717, 1.165) is 29.8 Å². The summed E-state index contributed by atoms with van der Waals surface area (Å²) in [7, 11) is -2.39. The first-order valence-corrected chi connectivity index (χ1v) is 11.0. The van der Waals surface area contributed by atoms with Crippen LogP contribution in [0, 0.1) is 5.82 Å². The lowest BCUT2D eigenvalue weighted by Crippen LogP contribution is -2.18. The number of ether oxygens (including phenoxy) is 2. The maximum Gasteiger partial charge on any atom is 0.276 e. The molecule has 0 saturated carbocycles. The molecule has 0 atom stereocenters. The van der Waals surface area contributed by atoms with Crippen LogP contribution in [0.4, 0.5) is 4.39 Å². The monoisotopic (exact) mass is 492 g/mol. The highest BCUT2D eigenvalue weighted by molar-refractivity contribution is 9.10. The second kappa shape index (κ2) is 9.73. The number of nitrogens with one attached hydrogen (secondary N) is 1. The number of halogens is 2. The predicted octanol–water partition coefficient (Wildman–Crippen LogP) is 4.49. The molecule has 0 amide bonds. The van der Waals surface area contributed by atoms with Gasteiger partial charge in [-0.25, -0.2) is 9.22 Å². The van der Waals surface area contributed by atoms with E-state index in [2.05, 4.69) is 25.9 Å². The molecular formula is C21H18BrFN2O4S. The van der Waals surface area contributed by atoms with Crippen LogP contribution in [0.25, 0.3) is 0 Å². The van der Waals surface area contributed by atoms with Crippen LogP contribution in [-0.4, -0.2) is 21.7 Å². The van der Waals surface area contributed by atoms with E-state index in [4.69, 9.17) is 9.47 Å². The van der Waals surface area contributed by atoms with E-state index in [1.165, 1.54) is 13.3 Å². The fourth-order valence-corrected chi connectivity index (χ4v) is 3.89. The molecule has 6 nitrogen and oxygen atoms in total. The van der Waals surface area contributed by atoms with Gasteiger partial charge in [0, 0.05) is 0 Å². The first kappa shape index (κ1) is 21.8. The number of methoxy groups -OCH3 is 1. The molecule has 9 heteroatoms. The summed E-state index contributed by atoms with van der Waals surface area (Å²) in [5.41, 5.74) is 1.58. The highest BCUT2D eigenvalue weighted by atomic mass is 79.9. The maximum absolute atomic E-state index is 13.0. The molecule has 0 aliphatic carbocycles. The zero-order valence-corrected chi connectivity index (χ0v) is 18.3. The average molecular weight is 493 g/mol. The molecule has 1 N–H and O–H groups in total. The van der Waals surface area contributed by atoms with Crippen LogP contribution < -0.4 is 14.3 Å². The average Bonchev–Trinajstić information content (AvgIpc) is 2.73. The van der Waals surface area contributed by atoms with Gasteiger partial charge in [0.2, 0.25) is 0 Å². The van der Waals surface area contributed by atoms with Gasteiger partial charge < -0.3 is 9.47 Å². The SMILES string of the molecule is COc1cc(/C=N\NS(=O)(=O)c2ccc(F)cc2)cc(Br)c1OCc1ccccc1. The summed E-state index contributed by atoms with van der Waals surface area (Å²) in [5, 5.41) is 3.78. The van der Waals surface area contributed by atoms with E-state index in [-0.39, 0.29) is 4.90 Å². The molecule has 3 rings (SSSR count). The van der Waals surface area contributed by atoms with Gasteiger partial charge in [-0.2, -0.15) is 13.5 Å². The van der Waals surface area contributed by atoms with Crippen LogP contribution in [0.3, 0.4) is 0 Å². The van der Waals surface area contributed by atoms with Crippen molar-refractivity contribution in [1.82, 2.24) is 4.83 Å². The lowest BCUT2D eigenvalue weighted by atomic mass is 10.2. The number of benzene rings is 3. The largest absolute Gasteiger partial charge is 0.493 e. The molecule has 0 fully saturated rings. The first-order chi connectivity index (χ1) is 14.4. The van der Waals surface area contributed by atoms with E-state index >= 15 is 0 Å². The highest BCUT2D eigenvalue weighted by Gasteiger charge is 2.14. The number of sulfonamides is 1. The zero-order valence-electron chi connectivity index (χ0n) is 15.9. The Morgan fingerprint density at radius 2 is 1.80 bits per heavy atom. The molecule has 0 heterocycles. The molecule has 0 aliphatic rings. The van der Waals surface area contributed by atoms with Gasteiger partial charge in [0.05, 0.1) is 22.7 Å². The summed E-state index contributed by atoms with van der Waals surface area (Å²) in [6, 6.07) is 17.5. The fourth-order valence-electron chi connectivity index (χ4n) is 2.52. The summed E-state index contributed by atoms with van der Waals surface area (Å²) in [6.45, 7) is 0.362. The Morgan fingerprint density at radius 1 is 1.10 bits per heavy atom.